The Balaban J connectivity index is 2.83. The average Bonchev–Trinajstić information content (AvgIpc) is 1.90. The van der Waals surface area contributed by atoms with Gasteiger partial charge in [0.2, 0.25) is 0 Å². The van der Waals surface area contributed by atoms with Crippen molar-refractivity contribution in [2.45, 2.75) is 0 Å². The van der Waals surface area contributed by atoms with Crippen LogP contribution in [0.4, 0.5) is 0 Å². The Labute approximate surface area is 48.1 Å². The van der Waals surface area contributed by atoms with Gasteiger partial charge in [-0.2, -0.15) is 0 Å². The molecule has 0 N–H and O–H groups in total. The van der Waals surface area contributed by atoms with Crippen molar-refractivity contribution in [2.24, 2.45) is 0 Å². The van der Waals surface area contributed by atoms with Crippen molar-refractivity contribution in [1.82, 2.24) is 4.98 Å². The summed E-state index contributed by atoms with van der Waals surface area (Å²) in [7, 11) is 1.59. The molecule has 0 fully saturated rings. The van der Waals surface area contributed by atoms with Crippen molar-refractivity contribution >= 4 is 0 Å². The van der Waals surface area contributed by atoms with E-state index in [2.05, 4.69) is 11.1 Å². The molecule has 0 aliphatic rings. The molecule has 1 heterocycles. The zero-order valence-electron chi connectivity index (χ0n) is 4.59. The first-order chi connectivity index (χ1) is 3.93. The molecule has 1 aromatic rings. The maximum atomic E-state index is 4.78. The van der Waals surface area contributed by atoms with Crippen molar-refractivity contribution in [1.29, 1.82) is 0 Å². The molecule has 0 aromatic carbocycles. The van der Waals surface area contributed by atoms with Gasteiger partial charge >= 0.3 is 0 Å². The van der Waals surface area contributed by atoms with Gasteiger partial charge in [-0.3, -0.25) is 4.98 Å². The molecule has 0 unspecified atom stereocenters. The van der Waals surface area contributed by atoms with Crippen LogP contribution in [-0.4, -0.2) is 12.1 Å². The van der Waals surface area contributed by atoms with Gasteiger partial charge in [0.05, 0.1) is 7.11 Å². The number of hydrogen-bond acceptors (Lipinski definition) is 2. The molecule has 0 radical (unpaired) electrons. The van der Waals surface area contributed by atoms with E-state index in [1.165, 1.54) is 0 Å². The largest absolute Gasteiger partial charge is 0.497 e. The highest BCUT2D eigenvalue weighted by Gasteiger charge is 1.73. The van der Waals surface area contributed by atoms with Crippen LogP contribution in [-0.2, 0) is 0 Å². The SMILES string of the molecule is COc1cc[c-]cn1. The minimum absolute atomic E-state index is 0.628. The number of aromatic nitrogens is 1. The van der Waals surface area contributed by atoms with Gasteiger partial charge in [-0.15, -0.1) is 6.07 Å². The third kappa shape index (κ3) is 0.964. The highest BCUT2D eigenvalue weighted by molar-refractivity contribution is 5.07. The predicted molar refractivity (Wildman–Crippen MR) is 29.6 cm³/mol. The van der Waals surface area contributed by atoms with Gasteiger partial charge in [0.15, 0.2) is 0 Å². The molecule has 0 atom stereocenters. The number of methoxy groups -OCH3 is 1. The summed E-state index contributed by atoms with van der Waals surface area (Å²) in [5.74, 6) is 0.628. The van der Waals surface area contributed by atoms with Gasteiger partial charge in [0, 0.05) is 0 Å². The second kappa shape index (κ2) is 2.31. The van der Waals surface area contributed by atoms with Crippen LogP contribution in [0.25, 0.3) is 0 Å². The fraction of sp³-hybridized carbons (Fsp3) is 0.167. The maximum Gasteiger partial charge on any atom is 0.126 e. The molecular weight excluding hydrogens is 102 g/mol. The van der Waals surface area contributed by atoms with Crippen LogP contribution >= 0.6 is 0 Å². The van der Waals surface area contributed by atoms with Gasteiger partial charge in [-0.05, 0) is 0 Å². The minimum atomic E-state index is 0.628. The summed E-state index contributed by atoms with van der Waals surface area (Å²) < 4.78 is 4.78. The zero-order valence-corrected chi connectivity index (χ0v) is 4.59. The Hall–Kier alpha value is -1.05. The van der Waals surface area contributed by atoms with Crippen LogP contribution in [0.15, 0.2) is 18.3 Å². The molecule has 0 amide bonds. The molecule has 0 saturated heterocycles. The highest BCUT2D eigenvalue weighted by Crippen LogP contribution is 1.99. The van der Waals surface area contributed by atoms with E-state index < -0.39 is 0 Å². The summed E-state index contributed by atoms with van der Waals surface area (Å²) >= 11 is 0. The van der Waals surface area contributed by atoms with E-state index in [1.54, 1.807) is 25.4 Å². The molecule has 1 rings (SSSR count). The highest BCUT2D eigenvalue weighted by atomic mass is 16.5. The van der Waals surface area contributed by atoms with Crippen molar-refractivity contribution in [3.8, 4) is 5.88 Å². The van der Waals surface area contributed by atoms with Crippen LogP contribution in [0.5, 0.6) is 5.88 Å². The van der Waals surface area contributed by atoms with Gasteiger partial charge in [0.1, 0.15) is 5.88 Å². The van der Waals surface area contributed by atoms with Crippen LogP contribution in [0.3, 0.4) is 0 Å². The topological polar surface area (TPSA) is 22.1 Å². The van der Waals surface area contributed by atoms with E-state index in [-0.39, 0.29) is 0 Å². The normalized spacial score (nSPS) is 8.62. The number of ether oxygens (including phenoxy) is 1. The van der Waals surface area contributed by atoms with E-state index in [9.17, 15) is 0 Å². The number of hydrogen-bond donors (Lipinski definition) is 0. The molecule has 2 nitrogen and oxygen atoms in total. The molecule has 0 saturated carbocycles. The van der Waals surface area contributed by atoms with Crippen molar-refractivity contribution in [3.63, 3.8) is 0 Å². The number of rotatable bonds is 1. The van der Waals surface area contributed by atoms with Gasteiger partial charge < -0.3 is 4.74 Å². The van der Waals surface area contributed by atoms with E-state index in [0.717, 1.165) is 0 Å². The Kier molecular flexibility index (Phi) is 1.47. The first-order valence-corrected chi connectivity index (χ1v) is 2.29. The second-order valence-electron chi connectivity index (χ2n) is 1.30. The molecule has 42 valence electrons. The minimum Gasteiger partial charge on any atom is -0.497 e. The standard InChI is InChI=1S/C6H6NO/c1-8-6-4-2-3-5-7-6/h2,4-5H,1H3/q-1. The molecule has 8 heavy (non-hydrogen) atoms. The maximum absolute atomic E-state index is 4.78. The smallest absolute Gasteiger partial charge is 0.126 e. The fourth-order valence-electron chi connectivity index (χ4n) is 0.427. The Bertz CT molecular complexity index is 150. The van der Waals surface area contributed by atoms with Crippen molar-refractivity contribution < 1.29 is 4.74 Å². The lowest BCUT2D eigenvalue weighted by Crippen LogP contribution is -1.83. The molecule has 0 aliphatic carbocycles. The van der Waals surface area contributed by atoms with E-state index >= 15 is 0 Å². The average molecular weight is 108 g/mol. The summed E-state index contributed by atoms with van der Waals surface area (Å²) in [5, 5.41) is 0. The molecule has 2 heteroatoms. The molecule has 1 aromatic heterocycles. The van der Waals surface area contributed by atoms with E-state index in [1.807, 2.05) is 0 Å². The third-order valence-corrected chi connectivity index (χ3v) is 0.798. The van der Waals surface area contributed by atoms with Gasteiger partial charge in [-0.1, -0.05) is 6.20 Å². The lowest BCUT2D eigenvalue weighted by molar-refractivity contribution is 0.398. The van der Waals surface area contributed by atoms with Crippen LogP contribution in [0.1, 0.15) is 0 Å². The number of nitrogens with zero attached hydrogens (tertiary/aromatic N) is 1. The summed E-state index contributed by atoms with van der Waals surface area (Å²) in [4.78, 5) is 3.82. The van der Waals surface area contributed by atoms with E-state index in [0.29, 0.717) is 5.88 Å². The second-order valence-corrected chi connectivity index (χ2v) is 1.30. The van der Waals surface area contributed by atoms with Crippen LogP contribution in [0, 0.1) is 6.07 Å². The van der Waals surface area contributed by atoms with Crippen LogP contribution in [0.2, 0.25) is 0 Å². The Morgan fingerprint density at radius 1 is 1.75 bits per heavy atom. The molecular formula is C6H6NO-. The van der Waals surface area contributed by atoms with E-state index in [4.69, 9.17) is 4.74 Å². The summed E-state index contributed by atoms with van der Waals surface area (Å²) in [6.07, 6.45) is 1.57. The monoisotopic (exact) mass is 108 g/mol. The fourth-order valence-corrected chi connectivity index (χ4v) is 0.427. The zero-order chi connectivity index (χ0) is 5.82. The van der Waals surface area contributed by atoms with Gasteiger partial charge in [0.25, 0.3) is 0 Å². The van der Waals surface area contributed by atoms with Crippen LogP contribution < -0.4 is 4.74 Å². The predicted octanol–water partition coefficient (Wildman–Crippen LogP) is 0.890. The summed E-state index contributed by atoms with van der Waals surface area (Å²) in [6.45, 7) is 0. The summed E-state index contributed by atoms with van der Waals surface area (Å²) in [5.41, 5.74) is 0. The van der Waals surface area contributed by atoms with Crippen molar-refractivity contribution in [2.75, 3.05) is 7.11 Å². The molecule has 0 aliphatic heterocycles. The first kappa shape index (κ1) is 5.09. The lowest BCUT2D eigenvalue weighted by atomic mass is 10.5. The molecule has 0 bridgehead atoms. The van der Waals surface area contributed by atoms with Gasteiger partial charge in [-0.25, -0.2) is 12.1 Å². The Morgan fingerprint density at radius 2 is 2.62 bits per heavy atom. The quantitative estimate of drug-likeness (QED) is 0.498. The third-order valence-electron chi connectivity index (χ3n) is 0.798. The summed E-state index contributed by atoms with van der Waals surface area (Å²) in [6, 6.07) is 6.28. The Morgan fingerprint density at radius 3 is 3.00 bits per heavy atom. The number of pyridine rings is 1. The molecule has 0 spiro atoms. The first-order valence-electron chi connectivity index (χ1n) is 2.29. The van der Waals surface area contributed by atoms with Crippen molar-refractivity contribution in [3.05, 3.63) is 24.4 Å². The lowest BCUT2D eigenvalue weighted by Gasteiger charge is -1.99.